The molecule has 0 aliphatic heterocycles. The van der Waals surface area contributed by atoms with Crippen molar-refractivity contribution in [2.24, 2.45) is 5.41 Å². The number of halogens is 1. The number of ketones is 1. The average molecular weight is 569 g/mol. The van der Waals surface area contributed by atoms with Gasteiger partial charge in [0.25, 0.3) is 0 Å². The standard InChI is InChI=1S/C29H29BrO7/c1-29-26(16-10-22(34-4)23(35-5)11-17(16)28(29)31)14-8-20(32-2)21(33-3)9-15(14)27(29)18-12-24(36-6)25(37-7)13-19(18)30/h8-13,26-27H,1-7H3/t26?,27-,29-/m1/s1. The molecular formula is C29H29BrO7. The van der Waals surface area contributed by atoms with Gasteiger partial charge in [-0.3, -0.25) is 4.79 Å². The molecule has 5 rings (SSSR count). The third kappa shape index (κ3) is 3.41. The van der Waals surface area contributed by atoms with Crippen LogP contribution in [0.5, 0.6) is 34.5 Å². The summed E-state index contributed by atoms with van der Waals surface area (Å²) in [5, 5.41) is 0. The second-order valence-electron chi connectivity index (χ2n) is 9.34. The van der Waals surface area contributed by atoms with Crippen LogP contribution in [0, 0.1) is 5.41 Å². The number of carbonyl (C=O) groups is 1. The number of fused-ring (bicyclic) bond motifs is 5. The second kappa shape index (κ2) is 9.17. The molecule has 0 saturated heterocycles. The number of hydrogen-bond donors (Lipinski definition) is 0. The number of hydrogen-bond acceptors (Lipinski definition) is 7. The minimum atomic E-state index is -0.846. The molecule has 7 nitrogen and oxygen atoms in total. The van der Waals surface area contributed by atoms with Gasteiger partial charge in [0.05, 0.1) is 48.1 Å². The summed E-state index contributed by atoms with van der Waals surface area (Å²) in [6.07, 6.45) is 0. The van der Waals surface area contributed by atoms with Crippen molar-refractivity contribution in [3.63, 3.8) is 0 Å². The molecule has 2 aliphatic carbocycles. The molecule has 3 atom stereocenters. The van der Waals surface area contributed by atoms with E-state index in [1.54, 1.807) is 48.7 Å². The zero-order valence-electron chi connectivity index (χ0n) is 21.9. The zero-order valence-corrected chi connectivity index (χ0v) is 23.4. The van der Waals surface area contributed by atoms with Gasteiger partial charge in [-0.05, 0) is 58.7 Å². The van der Waals surface area contributed by atoms with Gasteiger partial charge in [-0.15, -0.1) is 0 Å². The van der Waals surface area contributed by atoms with Crippen molar-refractivity contribution in [3.05, 3.63) is 68.7 Å². The molecule has 37 heavy (non-hydrogen) atoms. The molecule has 0 N–H and O–H groups in total. The lowest BCUT2D eigenvalue weighted by molar-refractivity contribution is 0.0815. The van der Waals surface area contributed by atoms with E-state index in [0.717, 1.165) is 26.7 Å². The fraction of sp³-hybridized carbons (Fsp3) is 0.345. The van der Waals surface area contributed by atoms with Gasteiger partial charge >= 0.3 is 0 Å². The Morgan fingerprint density at radius 3 is 1.38 bits per heavy atom. The van der Waals surface area contributed by atoms with Gasteiger partial charge in [0.2, 0.25) is 0 Å². The van der Waals surface area contributed by atoms with E-state index in [1.165, 1.54) is 0 Å². The molecule has 0 spiro atoms. The lowest BCUT2D eigenvalue weighted by atomic mass is 9.69. The van der Waals surface area contributed by atoms with E-state index in [4.69, 9.17) is 28.4 Å². The molecule has 0 amide bonds. The highest BCUT2D eigenvalue weighted by Gasteiger charge is 2.61. The molecule has 0 heterocycles. The van der Waals surface area contributed by atoms with Crippen LogP contribution in [0.4, 0.5) is 0 Å². The van der Waals surface area contributed by atoms with E-state index in [-0.39, 0.29) is 17.6 Å². The predicted octanol–water partition coefficient (Wildman–Crippen LogP) is 5.98. The minimum absolute atomic E-state index is 0.0364. The van der Waals surface area contributed by atoms with Crippen LogP contribution >= 0.6 is 15.9 Å². The van der Waals surface area contributed by atoms with Crippen LogP contribution in [-0.2, 0) is 0 Å². The van der Waals surface area contributed by atoms with Crippen molar-refractivity contribution in [3.8, 4) is 34.5 Å². The Morgan fingerprint density at radius 1 is 0.568 bits per heavy atom. The number of ether oxygens (including phenoxy) is 6. The SMILES string of the molecule is COc1cc(Br)c([C@H]2c3cc(OC)c(OC)cc3C3c4cc(OC)c(OC)cc4C(=O)[C@]32C)cc1OC. The summed E-state index contributed by atoms with van der Waals surface area (Å²) >= 11 is 3.76. The van der Waals surface area contributed by atoms with E-state index in [9.17, 15) is 4.79 Å². The van der Waals surface area contributed by atoms with Crippen LogP contribution in [0.15, 0.2) is 40.9 Å². The maximum Gasteiger partial charge on any atom is 0.171 e. The Labute approximate surface area is 224 Å². The Hall–Kier alpha value is -3.39. The average Bonchev–Trinajstić information content (AvgIpc) is 3.30. The number of rotatable bonds is 7. The lowest BCUT2D eigenvalue weighted by Crippen LogP contribution is -2.31. The smallest absolute Gasteiger partial charge is 0.171 e. The van der Waals surface area contributed by atoms with Gasteiger partial charge in [0.1, 0.15) is 0 Å². The fourth-order valence-electron chi connectivity index (χ4n) is 6.18. The molecule has 0 fully saturated rings. The maximum atomic E-state index is 14.4. The Bertz CT molecular complexity index is 1420. The summed E-state index contributed by atoms with van der Waals surface area (Å²) in [6, 6.07) is 11.5. The summed E-state index contributed by atoms with van der Waals surface area (Å²) in [5.74, 6) is 2.97. The number of carbonyl (C=O) groups excluding carboxylic acids is 1. The molecule has 3 aromatic rings. The van der Waals surface area contributed by atoms with Crippen LogP contribution in [0.1, 0.15) is 51.4 Å². The highest BCUT2D eigenvalue weighted by molar-refractivity contribution is 9.10. The third-order valence-corrected chi connectivity index (χ3v) is 8.51. The maximum absolute atomic E-state index is 14.4. The van der Waals surface area contributed by atoms with Crippen molar-refractivity contribution in [1.82, 2.24) is 0 Å². The number of benzene rings is 3. The first-order valence-electron chi connectivity index (χ1n) is 11.8. The molecule has 194 valence electrons. The van der Waals surface area contributed by atoms with Crippen LogP contribution in [0.3, 0.4) is 0 Å². The third-order valence-electron chi connectivity index (χ3n) is 7.83. The molecule has 0 aromatic heterocycles. The largest absolute Gasteiger partial charge is 0.493 e. The number of methoxy groups -OCH3 is 6. The summed E-state index contributed by atoms with van der Waals surface area (Å²) in [5.41, 5.74) is 3.60. The van der Waals surface area contributed by atoms with E-state index >= 15 is 0 Å². The van der Waals surface area contributed by atoms with Crippen LogP contribution in [0.25, 0.3) is 0 Å². The predicted molar refractivity (Wildman–Crippen MR) is 142 cm³/mol. The summed E-state index contributed by atoms with van der Waals surface area (Å²) in [6.45, 7) is 2.03. The van der Waals surface area contributed by atoms with Gasteiger partial charge in [0, 0.05) is 21.9 Å². The topological polar surface area (TPSA) is 72.5 Å². The van der Waals surface area contributed by atoms with E-state index in [2.05, 4.69) is 15.9 Å². The van der Waals surface area contributed by atoms with Crippen molar-refractivity contribution >= 4 is 21.7 Å². The second-order valence-corrected chi connectivity index (χ2v) is 10.2. The first-order valence-corrected chi connectivity index (χ1v) is 12.6. The molecule has 0 bridgehead atoms. The summed E-state index contributed by atoms with van der Waals surface area (Å²) < 4.78 is 34.5. The molecule has 2 aliphatic rings. The van der Waals surface area contributed by atoms with Crippen molar-refractivity contribution in [2.45, 2.75) is 18.8 Å². The van der Waals surface area contributed by atoms with Crippen molar-refractivity contribution in [1.29, 1.82) is 0 Å². The lowest BCUT2D eigenvalue weighted by Gasteiger charge is -2.32. The van der Waals surface area contributed by atoms with Gasteiger partial charge in [-0.1, -0.05) is 22.9 Å². The normalized spacial score (nSPS) is 21.1. The van der Waals surface area contributed by atoms with Gasteiger partial charge in [0.15, 0.2) is 40.3 Å². The minimum Gasteiger partial charge on any atom is -0.493 e. The molecule has 3 aromatic carbocycles. The van der Waals surface area contributed by atoms with Crippen LogP contribution < -0.4 is 28.4 Å². The monoisotopic (exact) mass is 568 g/mol. The van der Waals surface area contributed by atoms with Crippen molar-refractivity contribution in [2.75, 3.05) is 42.7 Å². The first kappa shape index (κ1) is 25.3. The Balaban J connectivity index is 1.85. The fourth-order valence-corrected chi connectivity index (χ4v) is 6.73. The van der Waals surface area contributed by atoms with Crippen molar-refractivity contribution < 1.29 is 33.2 Å². The van der Waals surface area contributed by atoms with E-state index in [1.807, 2.05) is 37.3 Å². The number of Topliss-reactive ketones (excluding diaryl/α,β-unsaturated/α-hetero) is 1. The summed E-state index contributed by atoms with van der Waals surface area (Å²) in [4.78, 5) is 14.4. The molecule has 8 heteroatoms. The van der Waals surface area contributed by atoms with Gasteiger partial charge in [-0.2, -0.15) is 0 Å². The molecule has 0 radical (unpaired) electrons. The molecular weight excluding hydrogens is 540 g/mol. The highest BCUT2D eigenvalue weighted by Crippen LogP contribution is 2.67. The Morgan fingerprint density at radius 2 is 0.919 bits per heavy atom. The first-order chi connectivity index (χ1) is 17.8. The van der Waals surface area contributed by atoms with Gasteiger partial charge < -0.3 is 28.4 Å². The van der Waals surface area contributed by atoms with Crippen LogP contribution in [-0.4, -0.2) is 48.4 Å². The quantitative estimate of drug-likeness (QED) is 0.347. The molecule has 1 unspecified atom stereocenters. The Kier molecular flexibility index (Phi) is 6.26. The van der Waals surface area contributed by atoms with Crippen LogP contribution in [0.2, 0.25) is 0 Å². The highest BCUT2D eigenvalue weighted by atomic mass is 79.9. The summed E-state index contributed by atoms with van der Waals surface area (Å²) in [7, 11) is 9.60. The van der Waals surface area contributed by atoms with E-state index in [0.29, 0.717) is 40.1 Å². The molecule has 0 saturated carbocycles. The van der Waals surface area contributed by atoms with Gasteiger partial charge in [-0.25, -0.2) is 0 Å². The zero-order chi connectivity index (χ0) is 26.6. The van der Waals surface area contributed by atoms with E-state index < -0.39 is 5.41 Å².